The summed E-state index contributed by atoms with van der Waals surface area (Å²) in [5.41, 5.74) is 0.805. The molecule has 19 heavy (non-hydrogen) atoms. The van der Waals surface area contributed by atoms with Gasteiger partial charge in [0.05, 0.1) is 19.1 Å². The Labute approximate surface area is 111 Å². The Morgan fingerprint density at radius 3 is 2.74 bits per heavy atom. The van der Waals surface area contributed by atoms with E-state index >= 15 is 0 Å². The first kappa shape index (κ1) is 13.4. The molecule has 1 amide bonds. The van der Waals surface area contributed by atoms with Crippen molar-refractivity contribution in [2.45, 2.75) is 19.4 Å². The molecule has 0 saturated carbocycles. The zero-order chi connectivity index (χ0) is 14.0. The molecule has 1 fully saturated rings. The van der Waals surface area contributed by atoms with Gasteiger partial charge >= 0.3 is 5.97 Å². The summed E-state index contributed by atoms with van der Waals surface area (Å²) >= 11 is 0. The largest absolute Gasteiger partial charge is 0.497 e. The maximum Gasteiger partial charge on any atom is 0.309 e. The van der Waals surface area contributed by atoms with E-state index in [1.165, 1.54) is 6.92 Å². The van der Waals surface area contributed by atoms with Crippen molar-refractivity contribution in [3.05, 3.63) is 29.8 Å². The maximum absolute atomic E-state index is 11.7. The van der Waals surface area contributed by atoms with Gasteiger partial charge in [0.2, 0.25) is 5.91 Å². The molecular formula is C14H17NO4. The Morgan fingerprint density at radius 2 is 2.16 bits per heavy atom. The third-order valence-corrected chi connectivity index (χ3v) is 3.55. The van der Waals surface area contributed by atoms with Crippen LogP contribution in [0.1, 0.15) is 24.9 Å². The SMILES string of the molecule is COc1cccc([C@H]2[C@@H](C(=O)O)CCN2C(C)=O)c1. The van der Waals surface area contributed by atoms with Crippen LogP contribution in [0.3, 0.4) is 0 Å². The minimum Gasteiger partial charge on any atom is -0.497 e. The molecule has 5 heteroatoms. The molecule has 1 N–H and O–H groups in total. The van der Waals surface area contributed by atoms with Crippen molar-refractivity contribution in [1.82, 2.24) is 4.90 Å². The predicted molar refractivity (Wildman–Crippen MR) is 68.9 cm³/mol. The maximum atomic E-state index is 11.7. The standard InChI is InChI=1S/C14H17NO4/c1-9(16)15-7-6-12(14(17)18)13(15)10-4-3-5-11(8-10)19-2/h3-5,8,12-13H,6-7H2,1-2H3,(H,17,18)/t12-,13-/m0/s1. The number of nitrogens with zero attached hydrogens (tertiary/aromatic N) is 1. The summed E-state index contributed by atoms with van der Waals surface area (Å²) < 4.78 is 5.15. The van der Waals surface area contributed by atoms with Crippen molar-refractivity contribution in [2.24, 2.45) is 5.92 Å². The average Bonchev–Trinajstić information content (AvgIpc) is 2.83. The predicted octanol–water partition coefficient (Wildman–Crippen LogP) is 1.69. The van der Waals surface area contributed by atoms with Crippen LogP contribution >= 0.6 is 0 Å². The summed E-state index contributed by atoms with van der Waals surface area (Å²) in [7, 11) is 1.56. The van der Waals surface area contributed by atoms with Crippen molar-refractivity contribution < 1.29 is 19.4 Å². The number of aliphatic carboxylic acids is 1. The molecule has 0 spiro atoms. The normalized spacial score (nSPS) is 22.3. The molecule has 0 unspecified atom stereocenters. The van der Waals surface area contributed by atoms with Gasteiger partial charge < -0.3 is 14.7 Å². The van der Waals surface area contributed by atoms with Crippen LogP contribution in [0, 0.1) is 5.92 Å². The van der Waals surface area contributed by atoms with E-state index in [1.807, 2.05) is 12.1 Å². The second kappa shape index (κ2) is 5.30. The second-order valence-corrected chi connectivity index (χ2v) is 4.67. The van der Waals surface area contributed by atoms with Gasteiger partial charge in [0.15, 0.2) is 0 Å². The van der Waals surface area contributed by atoms with Crippen LogP contribution in [-0.2, 0) is 9.59 Å². The molecule has 5 nitrogen and oxygen atoms in total. The molecule has 1 aromatic carbocycles. The molecule has 2 rings (SSSR count). The molecule has 0 bridgehead atoms. The van der Waals surface area contributed by atoms with Gasteiger partial charge in [-0.1, -0.05) is 12.1 Å². The number of carbonyl (C=O) groups is 2. The number of rotatable bonds is 3. The van der Waals surface area contributed by atoms with Crippen LogP contribution in [0.5, 0.6) is 5.75 Å². The summed E-state index contributed by atoms with van der Waals surface area (Å²) in [6, 6.07) is 6.83. The van der Waals surface area contributed by atoms with Gasteiger partial charge in [0.1, 0.15) is 5.75 Å². The Morgan fingerprint density at radius 1 is 1.42 bits per heavy atom. The quantitative estimate of drug-likeness (QED) is 0.901. The van der Waals surface area contributed by atoms with E-state index in [9.17, 15) is 14.7 Å². The van der Waals surface area contributed by atoms with Crippen molar-refractivity contribution in [2.75, 3.05) is 13.7 Å². The summed E-state index contributed by atoms with van der Waals surface area (Å²) in [5.74, 6) is -0.860. The summed E-state index contributed by atoms with van der Waals surface area (Å²) in [5, 5.41) is 9.30. The smallest absolute Gasteiger partial charge is 0.309 e. The third kappa shape index (κ3) is 2.54. The monoisotopic (exact) mass is 263 g/mol. The molecule has 1 aliphatic heterocycles. The summed E-state index contributed by atoms with van der Waals surface area (Å²) in [6.45, 7) is 1.95. The Bertz CT molecular complexity index is 478. The number of hydrogen-bond donors (Lipinski definition) is 1. The van der Waals surface area contributed by atoms with Crippen molar-refractivity contribution >= 4 is 11.9 Å². The molecule has 0 aliphatic carbocycles. The zero-order valence-electron chi connectivity index (χ0n) is 11.0. The van der Waals surface area contributed by atoms with E-state index < -0.39 is 17.9 Å². The second-order valence-electron chi connectivity index (χ2n) is 4.67. The minimum absolute atomic E-state index is 0.100. The molecular weight excluding hydrogens is 246 g/mol. The van der Waals surface area contributed by atoms with Gasteiger partial charge in [-0.15, -0.1) is 0 Å². The number of carboxylic acid groups (broad SMARTS) is 1. The van der Waals surface area contributed by atoms with Gasteiger partial charge in [0.25, 0.3) is 0 Å². The Balaban J connectivity index is 2.40. The first-order chi connectivity index (χ1) is 9.04. The van der Waals surface area contributed by atoms with Crippen LogP contribution in [-0.4, -0.2) is 35.5 Å². The number of carboxylic acids is 1. The average molecular weight is 263 g/mol. The molecule has 0 aromatic heterocycles. The van der Waals surface area contributed by atoms with Crippen LogP contribution in [0.2, 0.25) is 0 Å². The van der Waals surface area contributed by atoms with Crippen LogP contribution in [0.15, 0.2) is 24.3 Å². The number of methoxy groups -OCH3 is 1. The Hall–Kier alpha value is -2.04. The van der Waals surface area contributed by atoms with Gasteiger partial charge in [0, 0.05) is 13.5 Å². The fourth-order valence-corrected chi connectivity index (χ4v) is 2.64. The third-order valence-electron chi connectivity index (χ3n) is 3.55. The highest BCUT2D eigenvalue weighted by Crippen LogP contribution is 2.38. The van der Waals surface area contributed by atoms with Gasteiger partial charge in [-0.25, -0.2) is 0 Å². The number of amides is 1. The first-order valence-electron chi connectivity index (χ1n) is 6.18. The number of hydrogen-bond acceptors (Lipinski definition) is 3. The fraction of sp³-hybridized carbons (Fsp3) is 0.429. The minimum atomic E-state index is -0.864. The lowest BCUT2D eigenvalue weighted by Crippen LogP contribution is -2.31. The fourth-order valence-electron chi connectivity index (χ4n) is 2.64. The van der Waals surface area contributed by atoms with Crippen molar-refractivity contribution in [3.8, 4) is 5.75 Å². The van der Waals surface area contributed by atoms with Crippen molar-refractivity contribution in [1.29, 1.82) is 0 Å². The van der Waals surface area contributed by atoms with E-state index in [4.69, 9.17) is 4.74 Å². The number of ether oxygens (including phenoxy) is 1. The van der Waals surface area contributed by atoms with Crippen molar-refractivity contribution in [3.63, 3.8) is 0 Å². The first-order valence-corrected chi connectivity index (χ1v) is 6.18. The molecule has 102 valence electrons. The lowest BCUT2D eigenvalue weighted by atomic mass is 9.93. The lowest BCUT2D eigenvalue weighted by molar-refractivity contribution is -0.143. The van der Waals surface area contributed by atoms with E-state index in [1.54, 1.807) is 24.1 Å². The van der Waals surface area contributed by atoms with Gasteiger partial charge in [-0.05, 0) is 24.1 Å². The van der Waals surface area contributed by atoms with Crippen LogP contribution in [0.25, 0.3) is 0 Å². The molecule has 2 atom stereocenters. The van der Waals surface area contributed by atoms with E-state index in [0.29, 0.717) is 18.7 Å². The highest BCUT2D eigenvalue weighted by Gasteiger charge is 2.41. The Kier molecular flexibility index (Phi) is 3.74. The summed E-state index contributed by atoms with van der Waals surface area (Å²) in [4.78, 5) is 24.6. The van der Waals surface area contributed by atoms with E-state index in [0.717, 1.165) is 5.56 Å². The van der Waals surface area contributed by atoms with E-state index in [2.05, 4.69) is 0 Å². The van der Waals surface area contributed by atoms with E-state index in [-0.39, 0.29) is 5.91 Å². The molecule has 1 aliphatic rings. The number of benzene rings is 1. The van der Waals surface area contributed by atoms with Crippen LogP contribution in [0.4, 0.5) is 0 Å². The number of likely N-dealkylation sites (tertiary alicyclic amines) is 1. The molecule has 0 radical (unpaired) electrons. The van der Waals surface area contributed by atoms with Crippen LogP contribution < -0.4 is 4.74 Å². The lowest BCUT2D eigenvalue weighted by Gasteiger charge is -2.26. The highest BCUT2D eigenvalue weighted by atomic mass is 16.5. The molecule has 1 heterocycles. The van der Waals surface area contributed by atoms with Gasteiger partial charge in [-0.2, -0.15) is 0 Å². The number of carbonyl (C=O) groups excluding carboxylic acids is 1. The van der Waals surface area contributed by atoms with Gasteiger partial charge in [-0.3, -0.25) is 9.59 Å². The summed E-state index contributed by atoms with van der Waals surface area (Å²) in [6.07, 6.45) is 0.483. The molecule has 1 saturated heterocycles. The topological polar surface area (TPSA) is 66.8 Å². The molecule has 1 aromatic rings. The highest BCUT2D eigenvalue weighted by molar-refractivity contribution is 5.78. The zero-order valence-corrected chi connectivity index (χ0v) is 11.0.